The molecule has 0 unspecified atom stereocenters. The zero-order valence-electron chi connectivity index (χ0n) is 9.22. The quantitative estimate of drug-likeness (QED) is 0.521. The summed E-state index contributed by atoms with van der Waals surface area (Å²) < 4.78 is 10.1. The van der Waals surface area contributed by atoms with Gasteiger partial charge in [0.2, 0.25) is 0 Å². The van der Waals surface area contributed by atoms with Crippen LogP contribution in [0.1, 0.15) is 20.8 Å². The maximum absolute atomic E-state index is 11.1. The number of rotatable bonds is 4. The predicted octanol–water partition coefficient (Wildman–Crippen LogP) is 3.02. The Hall–Kier alpha value is -0.513. The van der Waals surface area contributed by atoms with Crippen LogP contribution in [0.4, 0.5) is 4.79 Å². The molecule has 0 amide bonds. The van der Waals surface area contributed by atoms with Gasteiger partial charge in [0, 0.05) is 0 Å². The Bertz CT molecular complexity index is 166. The van der Waals surface area contributed by atoms with Gasteiger partial charge in [-0.2, -0.15) is 0 Å². The highest BCUT2D eigenvalue weighted by molar-refractivity contribution is 6.72. The van der Waals surface area contributed by atoms with Crippen LogP contribution in [-0.2, 0) is 9.16 Å². The Morgan fingerprint density at radius 3 is 2.31 bits per heavy atom. The standard InChI is InChI=1S/C9H20O3Si/c1-6-13(4,5)12-9(10)11-7-8(2)3/h8H,6-7H2,1-5H3. The molecule has 4 heteroatoms. The SMILES string of the molecule is CC[Si](C)(C)OC(=O)OCC(C)C. The number of hydrogen-bond donors (Lipinski definition) is 0. The first-order chi connectivity index (χ1) is 5.87. The van der Waals surface area contributed by atoms with Gasteiger partial charge in [-0.05, 0) is 25.1 Å². The van der Waals surface area contributed by atoms with E-state index < -0.39 is 14.5 Å². The monoisotopic (exact) mass is 204 g/mol. The third kappa shape index (κ3) is 6.63. The van der Waals surface area contributed by atoms with Crippen molar-refractivity contribution in [3.8, 4) is 0 Å². The van der Waals surface area contributed by atoms with Gasteiger partial charge in [0.05, 0.1) is 6.61 Å². The third-order valence-electron chi connectivity index (χ3n) is 1.75. The maximum atomic E-state index is 11.1. The lowest BCUT2D eigenvalue weighted by atomic mass is 10.2. The lowest BCUT2D eigenvalue weighted by Crippen LogP contribution is -2.33. The highest BCUT2D eigenvalue weighted by Crippen LogP contribution is 2.11. The van der Waals surface area contributed by atoms with Crippen molar-refractivity contribution in [3.63, 3.8) is 0 Å². The van der Waals surface area contributed by atoms with Crippen molar-refractivity contribution < 1.29 is 14.0 Å². The molecule has 0 aromatic rings. The molecular weight excluding hydrogens is 184 g/mol. The van der Waals surface area contributed by atoms with E-state index in [4.69, 9.17) is 9.16 Å². The molecule has 0 aliphatic rings. The van der Waals surface area contributed by atoms with Crippen LogP contribution >= 0.6 is 0 Å². The van der Waals surface area contributed by atoms with Crippen molar-refractivity contribution in [1.29, 1.82) is 0 Å². The molecule has 0 fully saturated rings. The molecule has 0 rings (SSSR count). The smallest absolute Gasteiger partial charge is 0.489 e. The van der Waals surface area contributed by atoms with Crippen LogP contribution in [0.15, 0.2) is 0 Å². The van der Waals surface area contributed by atoms with E-state index in [1.165, 1.54) is 0 Å². The molecule has 0 atom stereocenters. The minimum Gasteiger partial charge on any atom is -0.489 e. The normalized spacial score (nSPS) is 11.5. The van der Waals surface area contributed by atoms with E-state index in [1.807, 2.05) is 33.9 Å². The van der Waals surface area contributed by atoms with Crippen LogP contribution < -0.4 is 0 Å². The molecule has 0 N–H and O–H groups in total. The minimum absolute atomic E-state index is 0.360. The van der Waals surface area contributed by atoms with Crippen LogP contribution in [0, 0.1) is 5.92 Å². The molecule has 0 radical (unpaired) electrons. The van der Waals surface area contributed by atoms with Crippen molar-refractivity contribution in [2.75, 3.05) is 6.61 Å². The van der Waals surface area contributed by atoms with E-state index in [0.29, 0.717) is 12.5 Å². The number of carbonyl (C=O) groups excluding carboxylic acids is 1. The zero-order chi connectivity index (χ0) is 10.5. The Morgan fingerprint density at radius 1 is 1.38 bits per heavy atom. The van der Waals surface area contributed by atoms with Gasteiger partial charge in [-0.15, -0.1) is 0 Å². The van der Waals surface area contributed by atoms with Crippen LogP contribution in [-0.4, -0.2) is 21.1 Å². The Morgan fingerprint density at radius 2 is 1.92 bits per heavy atom. The van der Waals surface area contributed by atoms with Crippen LogP contribution in [0.2, 0.25) is 19.1 Å². The minimum atomic E-state index is -1.79. The molecule has 78 valence electrons. The first-order valence-corrected chi connectivity index (χ1v) is 7.84. The second-order valence-corrected chi connectivity index (χ2v) is 8.60. The number of ether oxygens (including phenoxy) is 1. The predicted molar refractivity (Wildman–Crippen MR) is 55.2 cm³/mol. The summed E-state index contributed by atoms with van der Waals surface area (Å²) in [5, 5.41) is 0. The van der Waals surface area contributed by atoms with Gasteiger partial charge < -0.3 is 9.16 Å². The summed E-state index contributed by atoms with van der Waals surface area (Å²) >= 11 is 0. The third-order valence-corrected chi connectivity index (χ3v) is 4.17. The molecule has 0 aromatic heterocycles. The molecule has 0 bridgehead atoms. The fourth-order valence-electron chi connectivity index (χ4n) is 0.562. The summed E-state index contributed by atoms with van der Waals surface area (Å²) in [7, 11) is -1.79. The average molecular weight is 204 g/mol. The summed E-state index contributed by atoms with van der Waals surface area (Å²) in [6, 6.07) is 0.920. The van der Waals surface area contributed by atoms with E-state index in [0.717, 1.165) is 6.04 Å². The van der Waals surface area contributed by atoms with Crippen LogP contribution in [0.5, 0.6) is 0 Å². The molecule has 0 aliphatic carbocycles. The molecule has 13 heavy (non-hydrogen) atoms. The van der Waals surface area contributed by atoms with Gasteiger partial charge in [0.1, 0.15) is 0 Å². The van der Waals surface area contributed by atoms with E-state index in [1.54, 1.807) is 0 Å². The Balaban J connectivity index is 3.74. The molecule has 0 saturated heterocycles. The van der Waals surface area contributed by atoms with Gasteiger partial charge in [-0.3, -0.25) is 0 Å². The van der Waals surface area contributed by atoms with Gasteiger partial charge in [0.25, 0.3) is 8.32 Å². The maximum Gasteiger partial charge on any atom is 0.494 e. The Kier molecular flexibility index (Phi) is 5.06. The van der Waals surface area contributed by atoms with Gasteiger partial charge in [0.15, 0.2) is 0 Å². The molecule has 0 heterocycles. The second-order valence-electron chi connectivity index (χ2n) is 4.17. The summed E-state index contributed by atoms with van der Waals surface area (Å²) in [5.41, 5.74) is 0. The average Bonchev–Trinajstić information content (AvgIpc) is 2.00. The van der Waals surface area contributed by atoms with Crippen molar-refractivity contribution >= 4 is 14.5 Å². The van der Waals surface area contributed by atoms with Crippen molar-refractivity contribution in [3.05, 3.63) is 0 Å². The molecule has 3 nitrogen and oxygen atoms in total. The second kappa shape index (κ2) is 5.27. The fourth-order valence-corrected chi connectivity index (χ4v) is 1.22. The largest absolute Gasteiger partial charge is 0.494 e. The lowest BCUT2D eigenvalue weighted by Gasteiger charge is -2.20. The Labute approximate surface area is 81.6 Å². The number of hydrogen-bond acceptors (Lipinski definition) is 3. The first kappa shape index (κ1) is 12.5. The van der Waals surface area contributed by atoms with Crippen LogP contribution in [0.3, 0.4) is 0 Å². The summed E-state index contributed by atoms with van der Waals surface area (Å²) in [5.74, 6) is 0.360. The van der Waals surface area contributed by atoms with E-state index in [9.17, 15) is 4.79 Å². The van der Waals surface area contributed by atoms with Crippen molar-refractivity contribution in [1.82, 2.24) is 0 Å². The highest BCUT2D eigenvalue weighted by Gasteiger charge is 2.25. The molecule has 0 aliphatic heterocycles. The van der Waals surface area contributed by atoms with Gasteiger partial charge >= 0.3 is 6.16 Å². The summed E-state index contributed by atoms with van der Waals surface area (Å²) in [4.78, 5) is 11.1. The topological polar surface area (TPSA) is 35.5 Å². The summed E-state index contributed by atoms with van der Waals surface area (Å²) in [6.07, 6.45) is -0.507. The fraction of sp³-hybridized carbons (Fsp3) is 0.889. The molecule has 0 spiro atoms. The first-order valence-electron chi connectivity index (χ1n) is 4.73. The molecular formula is C9H20O3Si. The van der Waals surface area contributed by atoms with Crippen LogP contribution in [0.25, 0.3) is 0 Å². The molecule has 0 aromatic carbocycles. The van der Waals surface area contributed by atoms with Gasteiger partial charge in [-0.1, -0.05) is 20.8 Å². The highest BCUT2D eigenvalue weighted by atomic mass is 28.4. The van der Waals surface area contributed by atoms with Crippen molar-refractivity contribution in [2.24, 2.45) is 5.92 Å². The molecule has 0 saturated carbocycles. The van der Waals surface area contributed by atoms with E-state index in [-0.39, 0.29) is 0 Å². The zero-order valence-corrected chi connectivity index (χ0v) is 10.2. The van der Waals surface area contributed by atoms with E-state index in [2.05, 4.69) is 0 Å². The number of carbonyl (C=O) groups is 1. The van der Waals surface area contributed by atoms with Crippen molar-refractivity contribution in [2.45, 2.75) is 39.9 Å². The lowest BCUT2D eigenvalue weighted by molar-refractivity contribution is 0.0862. The van der Waals surface area contributed by atoms with E-state index >= 15 is 0 Å². The van der Waals surface area contributed by atoms with Gasteiger partial charge in [-0.25, -0.2) is 4.79 Å². The summed E-state index contributed by atoms with van der Waals surface area (Å²) in [6.45, 7) is 10.5.